The zero-order valence-corrected chi connectivity index (χ0v) is 18.0. The highest BCUT2D eigenvalue weighted by Crippen LogP contribution is 2.30. The molecule has 0 aliphatic rings. The van der Waals surface area contributed by atoms with Gasteiger partial charge in [0.05, 0.1) is 25.6 Å². The number of aryl methyl sites for hydroxylation is 1. The first kappa shape index (κ1) is 20.6. The number of hydrogen-bond donors (Lipinski definition) is 1. The molecule has 0 saturated carbocycles. The first-order valence-corrected chi connectivity index (χ1v) is 9.77. The molecule has 4 nitrogen and oxygen atoms in total. The highest BCUT2D eigenvalue weighted by molar-refractivity contribution is 6.36. The standard InChI is InChI=1S/C21H20Cl3N3O/c1-13-9-15(11-25-26-12-17-18(23)5-4-6-19(17)24)14(2)27(13)20-10-16(22)7-8-21(20)28-3/h4-11,26H,12H2,1-3H3/b25-11-. The summed E-state index contributed by atoms with van der Waals surface area (Å²) in [5.74, 6) is 0.751. The van der Waals surface area contributed by atoms with E-state index in [1.807, 2.05) is 38.1 Å². The maximum atomic E-state index is 6.19. The molecule has 0 aliphatic heterocycles. The van der Waals surface area contributed by atoms with E-state index >= 15 is 0 Å². The van der Waals surface area contributed by atoms with E-state index in [1.165, 1.54) is 0 Å². The third-order valence-electron chi connectivity index (χ3n) is 4.46. The number of halogens is 3. The zero-order valence-electron chi connectivity index (χ0n) is 15.8. The Hall–Kier alpha value is -2.14. The van der Waals surface area contributed by atoms with Crippen LogP contribution in [0.15, 0.2) is 47.6 Å². The van der Waals surface area contributed by atoms with Crippen LogP contribution in [0.2, 0.25) is 15.1 Å². The summed E-state index contributed by atoms with van der Waals surface area (Å²) in [5.41, 5.74) is 7.77. The molecule has 2 aromatic carbocycles. The molecular formula is C21H20Cl3N3O. The zero-order chi connectivity index (χ0) is 20.3. The lowest BCUT2D eigenvalue weighted by Gasteiger charge is -2.14. The minimum absolute atomic E-state index is 0.440. The molecule has 0 amide bonds. The fraction of sp³-hybridized carbons (Fsp3) is 0.190. The summed E-state index contributed by atoms with van der Waals surface area (Å²) < 4.78 is 7.59. The van der Waals surface area contributed by atoms with E-state index in [1.54, 1.807) is 25.5 Å². The molecule has 0 radical (unpaired) electrons. The van der Waals surface area contributed by atoms with Crippen LogP contribution >= 0.6 is 34.8 Å². The molecule has 0 spiro atoms. The van der Waals surface area contributed by atoms with Crippen LogP contribution < -0.4 is 10.2 Å². The molecule has 28 heavy (non-hydrogen) atoms. The van der Waals surface area contributed by atoms with Crippen molar-refractivity contribution in [3.63, 3.8) is 0 Å². The Balaban J connectivity index is 1.83. The third-order valence-corrected chi connectivity index (χ3v) is 5.41. The number of nitrogens with one attached hydrogen (secondary N) is 1. The van der Waals surface area contributed by atoms with Gasteiger partial charge in [0.25, 0.3) is 0 Å². The first-order valence-electron chi connectivity index (χ1n) is 8.64. The van der Waals surface area contributed by atoms with Gasteiger partial charge < -0.3 is 14.7 Å². The van der Waals surface area contributed by atoms with Crippen LogP contribution in [-0.4, -0.2) is 17.9 Å². The second kappa shape index (κ2) is 8.91. The molecule has 0 aliphatic carbocycles. The van der Waals surface area contributed by atoms with Gasteiger partial charge in [-0.25, -0.2) is 0 Å². The average Bonchev–Trinajstić information content (AvgIpc) is 2.94. The molecule has 1 heterocycles. The van der Waals surface area contributed by atoms with Crippen LogP contribution in [0.1, 0.15) is 22.5 Å². The number of benzene rings is 2. The van der Waals surface area contributed by atoms with Gasteiger partial charge in [0.2, 0.25) is 0 Å². The van der Waals surface area contributed by atoms with Gasteiger partial charge in [-0.2, -0.15) is 5.10 Å². The molecule has 1 aromatic heterocycles. The van der Waals surface area contributed by atoms with Crippen molar-refractivity contribution in [1.82, 2.24) is 9.99 Å². The van der Waals surface area contributed by atoms with Gasteiger partial charge in [0, 0.05) is 37.6 Å². The summed E-state index contributed by atoms with van der Waals surface area (Å²) in [4.78, 5) is 0. The Kier molecular flexibility index (Phi) is 6.55. The van der Waals surface area contributed by atoms with Crippen LogP contribution in [0.5, 0.6) is 5.75 Å². The minimum atomic E-state index is 0.440. The van der Waals surface area contributed by atoms with Gasteiger partial charge in [-0.05, 0) is 50.2 Å². The van der Waals surface area contributed by atoms with E-state index in [2.05, 4.69) is 21.2 Å². The molecule has 0 atom stereocenters. The maximum Gasteiger partial charge on any atom is 0.142 e. The monoisotopic (exact) mass is 435 g/mol. The maximum absolute atomic E-state index is 6.19. The van der Waals surface area contributed by atoms with E-state index in [4.69, 9.17) is 39.5 Å². The predicted molar refractivity (Wildman–Crippen MR) is 118 cm³/mol. The SMILES string of the molecule is COc1ccc(Cl)cc1-n1c(C)cc(/C=N\NCc2c(Cl)cccc2Cl)c1C. The molecule has 0 unspecified atom stereocenters. The summed E-state index contributed by atoms with van der Waals surface area (Å²) in [7, 11) is 1.65. The fourth-order valence-corrected chi connectivity index (χ4v) is 3.77. The number of nitrogens with zero attached hydrogens (tertiary/aromatic N) is 2. The van der Waals surface area contributed by atoms with Crippen molar-refractivity contribution >= 4 is 41.0 Å². The number of methoxy groups -OCH3 is 1. The molecule has 3 rings (SSSR count). The summed E-state index contributed by atoms with van der Waals surface area (Å²) in [5, 5.41) is 6.20. The second-order valence-corrected chi connectivity index (χ2v) is 7.52. The predicted octanol–water partition coefficient (Wildman–Crippen LogP) is 6.19. The van der Waals surface area contributed by atoms with Crippen molar-refractivity contribution in [2.75, 3.05) is 7.11 Å². The Labute approximate surface area is 179 Å². The summed E-state index contributed by atoms with van der Waals surface area (Å²) in [6, 6.07) is 13.0. The van der Waals surface area contributed by atoms with Gasteiger partial charge >= 0.3 is 0 Å². The van der Waals surface area contributed by atoms with Gasteiger partial charge in [-0.15, -0.1) is 0 Å². The molecule has 7 heteroatoms. The van der Waals surface area contributed by atoms with Crippen molar-refractivity contribution in [2.24, 2.45) is 5.10 Å². The summed E-state index contributed by atoms with van der Waals surface area (Å²) >= 11 is 18.6. The van der Waals surface area contributed by atoms with E-state index in [9.17, 15) is 0 Å². The Morgan fingerprint density at radius 1 is 1.07 bits per heavy atom. The van der Waals surface area contributed by atoms with Gasteiger partial charge in [0.1, 0.15) is 5.75 Å². The lowest BCUT2D eigenvalue weighted by molar-refractivity contribution is 0.412. The Morgan fingerprint density at radius 3 is 2.46 bits per heavy atom. The van der Waals surface area contributed by atoms with Crippen molar-refractivity contribution < 1.29 is 4.74 Å². The third kappa shape index (κ3) is 4.30. The van der Waals surface area contributed by atoms with Crippen molar-refractivity contribution in [1.29, 1.82) is 0 Å². The quantitative estimate of drug-likeness (QED) is 0.370. The molecule has 0 bridgehead atoms. The Bertz CT molecular complexity index is 1010. The van der Waals surface area contributed by atoms with Crippen LogP contribution in [0.3, 0.4) is 0 Å². The lowest BCUT2D eigenvalue weighted by Crippen LogP contribution is -2.07. The van der Waals surface area contributed by atoms with Crippen molar-refractivity contribution in [3.8, 4) is 11.4 Å². The molecule has 0 fully saturated rings. The van der Waals surface area contributed by atoms with E-state index in [-0.39, 0.29) is 0 Å². The van der Waals surface area contributed by atoms with E-state index < -0.39 is 0 Å². The number of hydrogen-bond acceptors (Lipinski definition) is 3. The lowest BCUT2D eigenvalue weighted by atomic mass is 10.2. The number of hydrazone groups is 1. The minimum Gasteiger partial charge on any atom is -0.495 e. The van der Waals surface area contributed by atoms with Crippen LogP contribution in [0.25, 0.3) is 5.69 Å². The second-order valence-electron chi connectivity index (χ2n) is 6.27. The average molecular weight is 437 g/mol. The molecule has 1 N–H and O–H groups in total. The molecule has 0 saturated heterocycles. The van der Waals surface area contributed by atoms with Gasteiger partial charge in [0.15, 0.2) is 0 Å². The first-order chi connectivity index (χ1) is 13.4. The van der Waals surface area contributed by atoms with Crippen molar-refractivity contribution in [2.45, 2.75) is 20.4 Å². The Morgan fingerprint density at radius 2 is 1.79 bits per heavy atom. The van der Waals surface area contributed by atoms with Crippen LogP contribution in [-0.2, 0) is 6.54 Å². The van der Waals surface area contributed by atoms with Crippen LogP contribution in [0.4, 0.5) is 0 Å². The van der Waals surface area contributed by atoms with Gasteiger partial charge in [-0.3, -0.25) is 0 Å². The highest BCUT2D eigenvalue weighted by atomic mass is 35.5. The number of aromatic nitrogens is 1. The topological polar surface area (TPSA) is 38.5 Å². The van der Waals surface area contributed by atoms with Crippen LogP contribution in [0, 0.1) is 13.8 Å². The normalized spacial score (nSPS) is 11.2. The molecule has 146 valence electrons. The molecule has 3 aromatic rings. The van der Waals surface area contributed by atoms with E-state index in [0.29, 0.717) is 21.6 Å². The smallest absolute Gasteiger partial charge is 0.142 e. The largest absolute Gasteiger partial charge is 0.495 e. The van der Waals surface area contributed by atoms with Crippen molar-refractivity contribution in [3.05, 3.63) is 80.0 Å². The van der Waals surface area contributed by atoms with Gasteiger partial charge in [-0.1, -0.05) is 40.9 Å². The number of ether oxygens (including phenoxy) is 1. The van der Waals surface area contributed by atoms with E-state index in [0.717, 1.165) is 34.0 Å². The number of rotatable bonds is 6. The summed E-state index contributed by atoms with van der Waals surface area (Å²) in [6.45, 7) is 4.50. The fourth-order valence-electron chi connectivity index (χ4n) is 3.07. The summed E-state index contributed by atoms with van der Waals surface area (Å²) in [6.07, 6.45) is 1.78. The molecular weight excluding hydrogens is 417 g/mol. The highest BCUT2D eigenvalue weighted by Gasteiger charge is 2.14.